The second-order valence-corrected chi connectivity index (χ2v) is 7.68. The van der Waals surface area contributed by atoms with Crippen molar-refractivity contribution in [3.8, 4) is 34.2 Å². The molecule has 2 heterocycles. The Hall–Kier alpha value is -4.26. The summed E-state index contributed by atoms with van der Waals surface area (Å²) in [6.07, 6.45) is 1.70. The molecule has 3 aromatic carbocycles. The predicted molar refractivity (Wildman–Crippen MR) is 129 cm³/mol. The highest BCUT2D eigenvalue weighted by atomic mass is 16.5. The number of anilines is 2. The zero-order chi connectivity index (χ0) is 22.9. The lowest BCUT2D eigenvalue weighted by atomic mass is 10.1. The van der Waals surface area contributed by atoms with Crippen LogP contribution in [0.5, 0.6) is 11.5 Å². The summed E-state index contributed by atoms with van der Waals surface area (Å²) in [5.41, 5.74) is 5.54. The Morgan fingerprint density at radius 1 is 0.970 bits per heavy atom. The van der Waals surface area contributed by atoms with Crippen molar-refractivity contribution in [3.63, 3.8) is 0 Å². The van der Waals surface area contributed by atoms with Crippen molar-refractivity contribution >= 4 is 22.4 Å². The molecule has 166 valence electrons. The van der Waals surface area contributed by atoms with Gasteiger partial charge in [0, 0.05) is 31.3 Å². The summed E-state index contributed by atoms with van der Waals surface area (Å²) in [6.45, 7) is 1.82. The molecule has 0 radical (unpaired) electrons. The molecule has 0 spiro atoms. The third-order valence-corrected chi connectivity index (χ3v) is 5.61. The number of aromatic nitrogens is 3. The Labute approximate surface area is 191 Å². The van der Waals surface area contributed by atoms with Gasteiger partial charge in [-0.3, -0.25) is 0 Å². The fourth-order valence-corrected chi connectivity index (χ4v) is 3.95. The Morgan fingerprint density at radius 3 is 2.58 bits per heavy atom. The number of para-hydroxylation sites is 1. The average molecular weight is 441 g/mol. The number of benzene rings is 3. The van der Waals surface area contributed by atoms with Crippen LogP contribution < -0.4 is 14.8 Å². The quantitative estimate of drug-likeness (QED) is 0.351. The summed E-state index contributed by atoms with van der Waals surface area (Å²) < 4.78 is 18.8. The molecule has 0 aliphatic heterocycles. The lowest BCUT2D eigenvalue weighted by molar-refractivity contribution is 0.414. The number of oxazole rings is 1. The van der Waals surface area contributed by atoms with Crippen LogP contribution in [-0.4, -0.2) is 28.8 Å². The van der Waals surface area contributed by atoms with Crippen LogP contribution in [0, 0.1) is 6.92 Å². The molecule has 33 heavy (non-hydrogen) atoms. The zero-order valence-electron chi connectivity index (χ0n) is 18.9. The summed E-state index contributed by atoms with van der Waals surface area (Å²) in [5.74, 6) is 3.65. The van der Waals surface area contributed by atoms with E-state index in [9.17, 15) is 0 Å². The molecule has 5 aromatic rings. The number of imidazole rings is 1. The molecule has 7 heteroatoms. The SMILES string of the molecule is COc1cccc(-c2nc3c(Nc4ccc(-c5cnc(C)o5)c(OC)c4)cccc3n2C)c1. The highest BCUT2D eigenvalue weighted by Gasteiger charge is 2.15. The summed E-state index contributed by atoms with van der Waals surface area (Å²) in [4.78, 5) is 9.14. The number of rotatable bonds is 6. The summed E-state index contributed by atoms with van der Waals surface area (Å²) in [7, 11) is 5.33. The Morgan fingerprint density at radius 2 is 1.82 bits per heavy atom. The lowest BCUT2D eigenvalue weighted by Crippen LogP contribution is -1.94. The second kappa shape index (κ2) is 8.35. The van der Waals surface area contributed by atoms with E-state index in [0.717, 1.165) is 45.1 Å². The molecule has 0 fully saturated rings. The smallest absolute Gasteiger partial charge is 0.191 e. The number of nitrogens with zero attached hydrogens (tertiary/aromatic N) is 3. The second-order valence-electron chi connectivity index (χ2n) is 7.68. The van der Waals surface area contributed by atoms with E-state index in [1.807, 2.05) is 68.6 Å². The molecule has 2 aromatic heterocycles. The number of ether oxygens (including phenoxy) is 2. The van der Waals surface area contributed by atoms with Crippen molar-refractivity contribution in [2.75, 3.05) is 19.5 Å². The first-order valence-corrected chi connectivity index (χ1v) is 10.5. The van der Waals surface area contributed by atoms with Crippen molar-refractivity contribution in [2.45, 2.75) is 6.92 Å². The van der Waals surface area contributed by atoms with Gasteiger partial charge in [-0.05, 0) is 36.4 Å². The minimum Gasteiger partial charge on any atom is -0.497 e. The van der Waals surface area contributed by atoms with Gasteiger partial charge in [0.15, 0.2) is 11.7 Å². The van der Waals surface area contributed by atoms with Gasteiger partial charge in [0.2, 0.25) is 0 Å². The fraction of sp³-hybridized carbons (Fsp3) is 0.154. The van der Waals surface area contributed by atoms with Gasteiger partial charge in [-0.2, -0.15) is 0 Å². The monoisotopic (exact) mass is 440 g/mol. The van der Waals surface area contributed by atoms with E-state index in [-0.39, 0.29) is 0 Å². The Balaban J connectivity index is 1.53. The van der Waals surface area contributed by atoms with Crippen molar-refractivity contribution in [2.24, 2.45) is 7.05 Å². The van der Waals surface area contributed by atoms with Crippen LogP contribution in [0.2, 0.25) is 0 Å². The number of nitrogens with one attached hydrogen (secondary N) is 1. The molecule has 0 atom stereocenters. The number of aryl methyl sites for hydroxylation is 2. The van der Waals surface area contributed by atoms with E-state index in [2.05, 4.69) is 20.9 Å². The van der Waals surface area contributed by atoms with Crippen LogP contribution in [0.3, 0.4) is 0 Å². The lowest BCUT2D eigenvalue weighted by Gasteiger charge is -2.11. The topological polar surface area (TPSA) is 74.3 Å². The van der Waals surface area contributed by atoms with E-state index in [1.165, 1.54) is 0 Å². The van der Waals surface area contributed by atoms with E-state index < -0.39 is 0 Å². The molecule has 5 rings (SSSR count). The summed E-state index contributed by atoms with van der Waals surface area (Å²) >= 11 is 0. The highest BCUT2D eigenvalue weighted by molar-refractivity contribution is 5.93. The van der Waals surface area contributed by atoms with Gasteiger partial charge < -0.3 is 23.8 Å². The van der Waals surface area contributed by atoms with Gasteiger partial charge >= 0.3 is 0 Å². The standard InChI is InChI=1S/C26H24N4O3/c1-16-27-15-24(33-16)20-12-11-18(14-23(20)32-4)28-21-9-6-10-22-25(21)29-26(30(22)2)17-7-5-8-19(13-17)31-3/h5-15,28H,1-4H3. The largest absolute Gasteiger partial charge is 0.497 e. The van der Waals surface area contributed by atoms with Crippen LogP contribution in [-0.2, 0) is 7.05 Å². The van der Waals surface area contributed by atoms with Gasteiger partial charge in [-0.15, -0.1) is 0 Å². The first-order valence-electron chi connectivity index (χ1n) is 10.5. The van der Waals surface area contributed by atoms with Gasteiger partial charge in [-0.25, -0.2) is 9.97 Å². The third kappa shape index (κ3) is 3.78. The first-order chi connectivity index (χ1) is 16.1. The molecule has 0 aliphatic rings. The fourth-order valence-electron chi connectivity index (χ4n) is 3.95. The van der Waals surface area contributed by atoms with Crippen LogP contribution in [0.1, 0.15) is 5.89 Å². The minimum atomic E-state index is 0.614. The molecule has 0 saturated heterocycles. The van der Waals surface area contributed by atoms with Gasteiger partial charge in [0.25, 0.3) is 0 Å². The third-order valence-electron chi connectivity index (χ3n) is 5.61. The molecule has 0 aliphatic carbocycles. The average Bonchev–Trinajstić information content (AvgIpc) is 3.43. The van der Waals surface area contributed by atoms with Crippen molar-refractivity contribution in [1.82, 2.24) is 14.5 Å². The number of fused-ring (bicyclic) bond motifs is 1. The molecule has 0 unspecified atom stereocenters. The summed E-state index contributed by atoms with van der Waals surface area (Å²) in [6, 6.07) is 19.9. The predicted octanol–water partition coefficient (Wildman–Crippen LogP) is 5.96. The van der Waals surface area contributed by atoms with Crippen LogP contribution >= 0.6 is 0 Å². The van der Waals surface area contributed by atoms with E-state index in [4.69, 9.17) is 18.9 Å². The Kier molecular flexibility index (Phi) is 5.22. The normalized spacial score (nSPS) is 11.0. The van der Waals surface area contributed by atoms with Crippen LogP contribution in [0.4, 0.5) is 11.4 Å². The highest BCUT2D eigenvalue weighted by Crippen LogP contribution is 2.35. The van der Waals surface area contributed by atoms with Crippen molar-refractivity contribution in [3.05, 3.63) is 72.8 Å². The maximum Gasteiger partial charge on any atom is 0.191 e. The van der Waals surface area contributed by atoms with Crippen LogP contribution in [0.25, 0.3) is 33.7 Å². The number of methoxy groups -OCH3 is 2. The van der Waals surface area contributed by atoms with E-state index in [1.54, 1.807) is 20.4 Å². The molecule has 0 amide bonds. The maximum absolute atomic E-state index is 5.67. The molecule has 7 nitrogen and oxygen atoms in total. The van der Waals surface area contributed by atoms with Gasteiger partial charge in [0.1, 0.15) is 22.8 Å². The minimum absolute atomic E-state index is 0.614. The first kappa shape index (κ1) is 20.6. The van der Waals surface area contributed by atoms with E-state index in [0.29, 0.717) is 17.4 Å². The molecular formula is C26H24N4O3. The number of hydrogen-bond donors (Lipinski definition) is 1. The van der Waals surface area contributed by atoms with Crippen LogP contribution in [0.15, 0.2) is 71.3 Å². The van der Waals surface area contributed by atoms with Crippen molar-refractivity contribution < 1.29 is 13.9 Å². The molecule has 0 saturated carbocycles. The molecule has 0 bridgehead atoms. The maximum atomic E-state index is 5.67. The van der Waals surface area contributed by atoms with Crippen molar-refractivity contribution in [1.29, 1.82) is 0 Å². The summed E-state index contributed by atoms with van der Waals surface area (Å²) in [5, 5.41) is 3.49. The molecular weight excluding hydrogens is 416 g/mol. The molecule has 1 N–H and O–H groups in total. The van der Waals surface area contributed by atoms with Gasteiger partial charge in [-0.1, -0.05) is 18.2 Å². The van der Waals surface area contributed by atoms with Gasteiger partial charge in [0.05, 0.1) is 37.2 Å². The number of hydrogen-bond acceptors (Lipinski definition) is 6. The zero-order valence-corrected chi connectivity index (χ0v) is 18.9. The van der Waals surface area contributed by atoms with E-state index >= 15 is 0 Å². The Bertz CT molecular complexity index is 1450.